The maximum absolute atomic E-state index is 13.5. The Kier molecular flexibility index (Phi) is 5.11. The molecule has 0 N–H and O–H groups in total. The first-order valence-electron chi connectivity index (χ1n) is 9.77. The minimum Gasteiger partial charge on any atom is -0.497 e. The molecular formula is C23H25N3O3. The van der Waals surface area contributed by atoms with E-state index in [-0.39, 0.29) is 11.8 Å². The molecule has 2 aliphatic heterocycles. The maximum Gasteiger partial charge on any atom is 0.282 e. The lowest BCUT2D eigenvalue weighted by atomic mass is 10.0. The number of aryl methyl sites for hydroxylation is 1. The Balaban J connectivity index is 1.80. The first-order chi connectivity index (χ1) is 14.0. The second-order valence-corrected chi connectivity index (χ2v) is 7.53. The van der Waals surface area contributed by atoms with Crippen molar-refractivity contribution in [3.63, 3.8) is 0 Å². The summed E-state index contributed by atoms with van der Waals surface area (Å²) in [4.78, 5) is 32.5. The van der Waals surface area contributed by atoms with Gasteiger partial charge in [-0.2, -0.15) is 0 Å². The molecule has 0 atom stereocenters. The largest absolute Gasteiger partial charge is 0.497 e. The van der Waals surface area contributed by atoms with Crippen LogP contribution in [0.4, 0.5) is 5.69 Å². The van der Waals surface area contributed by atoms with Crippen LogP contribution in [0.2, 0.25) is 0 Å². The summed E-state index contributed by atoms with van der Waals surface area (Å²) < 4.78 is 5.29. The molecule has 0 aliphatic carbocycles. The van der Waals surface area contributed by atoms with Gasteiger partial charge in [0.05, 0.1) is 18.4 Å². The molecule has 2 aromatic rings. The van der Waals surface area contributed by atoms with E-state index in [0.29, 0.717) is 35.8 Å². The molecule has 150 valence electrons. The van der Waals surface area contributed by atoms with Crippen LogP contribution in [-0.2, 0) is 9.59 Å². The number of anilines is 1. The molecule has 0 radical (unpaired) electrons. The Labute approximate surface area is 171 Å². The third-order valence-corrected chi connectivity index (χ3v) is 5.53. The predicted molar refractivity (Wildman–Crippen MR) is 113 cm³/mol. The van der Waals surface area contributed by atoms with Gasteiger partial charge in [-0.25, -0.2) is 4.90 Å². The number of hydrogen-bond donors (Lipinski definition) is 0. The van der Waals surface area contributed by atoms with Crippen molar-refractivity contribution in [3.05, 3.63) is 65.4 Å². The van der Waals surface area contributed by atoms with E-state index >= 15 is 0 Å². The summed E-state index contributed by atoms with van der Waals surface area (Å²) in [6.07, 6.45) is 0. The van der Waals surface area contributed by atoms with Crippen molar-refractivity contribution in [1.82, 2.24) is 9.80 Å². The van der Waals surface area contributed by atoms with Crippen LogP contribution in [0.1, 0.15) is 11.1 Å². The number of benzene rings is 2. The zero-order chi connectivity index (χ0) is 20.5. The molecule has 2 aliphatic rings. The van der Waals surface area contributed by atoms with Crippen LogP contribution >= 0.6 is 0 Å². The third kappa shape index (κ3) is 3.51. The van der Waals surface area contributed by atoms with Gasteiger partial charge in [-0.05, 0) is 31.7 Å². The van der Waals surface area contributed by atoms with Crippen molar-refractivity contribution < 1.29 is 14.3 Å². The fourth-order valence-electron chi connectivity index (χ4n) is 3.81. The molecule has 0 unspecified atom stereocenters. The van der Waals surface area contributed by atoms with Gasteiger partial charge < -0.3 is 14.5 Å². The minimum atomic E-state index is -0.291. The molecule has 2 aromatic carbocycles. The predicted octanol–water partition coefficient (Wildman–Crippen LogP) is 2.54. The third-order valence-electron chi connectivity index (χ3n) is 5.53. The quantitative estimate of drug-likeness (QED) is 0.750. The molecule has 29 heavy (non-hydrogen) atoms. The average molecular weight is 391 g/mol. The van der Waals surface area contributed by atoms with Crippen LogP contribution in [0.25, 0.3) is 5.57 Å². The number of amides is 2. The molecular weight excluding hydrogens is 366 g/mol. The zero-order valence-electron chi connectivity index (χ0n) is 17.0. The topological polar surface area (TPSA) is 53.1 Å². The minimum absolute atomic E-state index is 0.275. The van der Waals surface area contributed by atoms with Gasteiger partial charge in [-0.3, -0.25) is 9.59 Å². The number of rotatable bonds is 4. The normalized spacial score (nSPS) is 18.0. The number of carbonyl (C=O) groups excluding carboxylic acids is 2. The summed E-state index contributed by atoms with van der Waals surface area (Å²) in [6, 6.07) is 14.8. The zero-order valence-corrected chi connectivity index (χ0v) is 17.0. The average Bonchev–Trinajstić information content (AvgIpc) is 2.99. The van der Waals surface area contributed by atoms with E-state index < -0.39 is 0 Å². The second kappa shape index (κ2) is 7.72. The fourth-order valence-corrected chi connectivity index (χ4v) is 3.81. The molecule has 0 saturated carbocycles. The van der Waals surface area contributed by atoms with Crippen LogP contribution in [0.15, 0.2) is 54.2 Å². The van der Waals surface area contributed by atoms with Crippen molar-refractivity contribution in [2.45, 2.75) is 6.92 Å². The van der Waals surface area contributed by atoms with Crippen LogP contribution in [0, 0.1) is 6.92 Å². The number of hydrogen-bond acceptors (Lipinski definition) is 5. The molecule has 2 heterocycles. The summed E-state index contributed by atoms with van der Waals surface area (Å²) in [5, 5.41) is 0. The number of piperazine rings is 1. The van der Waals surface area contributed by atoms with E-state index in [4.69, 9.17) is 4.74 Å². The SMILES string of the molecule is COc1cccc(N2C(=O)C(c3ccc(C)cc3)=C(N3CCN(C)CC3)C2=O)c1. The van der Waals surface area contributed by atoms with E-state index in [0.717, 1.165) is 24.2 Å². The standard InChI is InChI=1S/C23H25N3O3/c1-16-7-9-17(10-8-16)20-21(25-13-11-24(2)12-14-25)23(28)26(22(20)27)18-5-4-6-19(15-18)29-3/h4-10,15H,11-14H2,1-3H3. The number of imide groups is 1. The van der Waals surface area contributed by atoms with E-state index in [1.165, 1.54) is 4.90 Å². The molecule has 4 rings (SSSR count). The number of nitrogens with zero attached hydrogens (tertiary/aromatic N) is 3. The molecule has 6 heteroatoms. The Morgan fingerprint density at radius 1 is 0.897 bits per heavy atom. The summed E-state index contributed by atoms with van der Waals surface area (Å²) in [6.45, 7) is 5.14. The van der Waals surface area contributed by atoms with Crippen molar-refractivity contribution >= 4 is 23.1 Å². The Morgan fingerprint density at radius 2 is 1.59 bits per heavy atom. The van der Waals surface area contributed by atoms with Crippen LogP contribution in [0.5, 0.6) is 5.75 Å². The highest BCUT2D eigenvalue weighted by molar-refractivity contribution is 6.45. The van der Waals surface area contributed by atoms with Crippen molar-refractivity contribution in [3.8, 4) is 5.75 Å². The molecule has 2 amide bonds. The number of ether oxygens (including phenoxy) is 1. The van der Waals surface area contributed by atoms with Gasteiger partial charge in [0.15, 0.2) is 0 Å². The molecule has 1 fully saturated rings. The van der Waals surface area contributed by atoms with Crippen molar-refractivity contribution in [2.75, 3.05) is 45.2 Å². The molecule has 6 nitrogen and oxygen atoms in total. The smallest absolute Gasteiger partial charge is 0.282 e. The monoisotopic (exact) mass is 391 g/mol. The van der Waals surface area contributed by atoms with Crippen LogP contribution < -0.4 is 9.64 Å². The molecule has 1 saturated heterocycles. The fraction of sp³-hybridized carbons (Fsp3) is 0.304. The second-order valence-electron chi connectivity index (χ2n) is 7.53. The highest BCUT2D eigenvalue weighted by atomic mass is 16.5. The first-order valence-corrected chi connectivity index (χ1v) is 9.77. The summed E-state index contributed by atoms with van der Waals surface area (Å²) >= 11 is 0. The van der Waals surface area contributed by atoms with Crippen molar-refractivity contribution in [2.24, 2.45) is 0 Å². The summed E-state index contributed by atoms with van der Waals surface area (Å²) in [7, 11) is 3.63. The Bertz CT molecular complexity index is 973. The lowest BCUT2D eigenvalue weighted by molar-refractivity contribution is -0.120. The Morgan fingerprint density at radius 3 is 2.24 bits per heavy atom. The van der Waals surface area contributed by atoms with E-state index in [9.17, 15) is 9.59 Å². The van der Waals surface area contributed by atoms with Gasteiger partial charge in [0, 0.05) is 32.2 Å². The highest BCUT2D eigenvalue weighted by Crippen LogP contribution is 2.36. The van der Waals surface area contributed by atoms with E-state index in [1.54, 1.807) is 31.4 Å². The summed E-state index contributed by atoms with van der Waals surface area (Å²) in [5.41, 5.74) is 3.37. The van der Waals surface area contributed by atoms with Gasteiger partial charge in [0.1, 0.15) is 11.4 Å². The van der Waals surface area contributed by atoms with Crippen molar-refractivity contribution in [1.29, 1.82) is 0 Å². The number of likely N-dealkylation sites (N-methyl/N-ethyl adjacent to an activating group) is 1. The summed E-state index contributed by atoms with van der Waals surface area (Å²) in [5.74, 6) is 0.0393. The number of carbonyl (C=O) groups is 2. The van der Waals surface area contributed by atoms with Gasteiger partial charge in [0.25, 0.3) is 11.8 Å². The maximum atomic E-state index is 13.5. The van der Waals surface area contributed by atoms with Gasteiger partial charge in [-0.15, -0.1) is 0 Å². The van der Waals surface area contributed by atoms with Crippen LogP contribution in [0.3, 0.4) is 0 Å². The molecule has 0 bridgehead atoms. The van der Waals surface area contributed by atoms with Gasteiger partial charge in [0.2, 0.25) is 0 Å². The van der Waals surface area contributed by atoms with Crippen LogP contribution in [-0.4, -0.2) is 62.0 Å². The van der Waals surface area contributed by atoms with Gasteiger partial charge in [-0.1, -0.05) is 35.9 Å². The lowest BCUT2D eigenvalue weighted by Gasteiger charge is -2.34. The first kappa shape index (κ1) is 19.2. The highest BCUT2D eigenvalue weighted by Gasteiger charge is 2.43. The number of methoxy groups -OCH3 is 1. The van der Waals surface area contributed by atoms with E-state index in [2.05, 4.69) is 16.8 Å². The lowest BCUT2D eigenvalue weighted by Crippen LogP contribution is -2.46. The van der Waals surface area contributed by atoms with E-state index in [1.807, 2.05) is 31.2 Å². The molecule has 0 spiro atoms. The Hall–Kier alpha value is -3.12. The molecule has 0 aromatic heterocycles. The van der Waals surface area contributed by atoms with Gasteiger partial charge >= 0.3 is 0 Å².